The van der Waals surface area contributed by atoms with Crippen LogP contribution in [-0.4, -0.2) is 53.9 Å². The largest absolute Gasteiger partial charge is 0.354 e. The Morgan fingerprint density at radius 3 is 2.56 bits per heavy atom. The topological polar surface area (TPSA) is 107 Å². The highest BCUT2D eigenvalue weighted by Gasteiger charge is 2.58. The van der Waals surface area contributed by atoms with Gasteiger partial charge in [-0.05, 0) is 25.2 Å². The lowest BCUT2D eigenvalue weighted by Gasteiger charge is -2.40. The molecule has 2 amide bonds. The first kappa shape index (κ1) is 20.9. The van der Waals surface area contributed by atoms with E-state index in [2.05, 4.69) is 20.6 Å². The third-order valence-electron chi connectivity index (χ3n) is 6.04. The fourth-order valence-corrected chi connectivity index (χ4v) is 3.87. The van der Waals surface area contributed by atoms with Crippen LogP contribution < -0.4 is 16.2 Å². The zero-order valence-electron chi connectivity index (χ0n) is 17.1. The van der Waals surface area contributed by atoms with Gasteiger partial charge in [0.1, 0.15) is 0 Å². The van der Waals surface area contributed by atoms with Crippen molar-refractivity contribution in [1.82, 2.24) is 20.2 Å². The van der Waals surface area contributed by atoms with Gasteiger partial charge in [0.2, 0.25) is 17.8 Å². The molecule has 1 saturated carbocycles. The zero-order valence-corrected chi connectivity index (χ0v) is 17.1. The van der Waals surface area contributed by atoms with Crippen molar-refractivity contribution in [1.29, 1.82) is 0 Å². The first-order chi connectivity index (χ1) is 12.5. The molecule has 2 rings (SSSR count). The maximum Gasteiger partial charge on any atom is 0.252 e. The van der Waals surface area contributed by atoms with Crippen LogP contribution in [0.5, 0.6) is 0 Å². The van der Waals surface area contributed by atoms with Gasteiger partial charge in [0.25, 0.3) is 5.56 Å². The SMILES string of the molecule is Cc1cc(=O)[nH]c(NCCNC(=O)[C@]2(C)CC[C@H](C(=O)N(C)C)C2(C)C)n1. The first-order valence-corrected chi connectivity index (χ1v) is 9.30. The van der Waals surface area contributed by atoms with Gasteiger partial charge in [0.05, 0.1) is 5.41 Å². The third-order valence-corrected chi connectivity index (χ3v) is 6.04. The van der Waals surface area contributed by atoms with Gasteiger partial charge >= 0.3 is 0 Å². The second kappa shape index (κ2) is 7.70. The van der Waals surface area contributed by atoms with Crippen LogP contribution in [0.4, 0.5) is 5.95 Å². The van der Waals surface area contributed by atoms with Crippen molar-refractivity contribution < 1.29 is 9.59 Å². The predicted octanol–water partition coefficient (Wildman–Crippen LogP) is 1.14. The Kier molecular flexibility index (Phi) is 5.97. The van der Waals surface area contributed by atoms with Crippen molar-refractivity contribution >= 4 is 17.8 Å². The third kappa shape index (κ3) is 4.14. The Morgan fingerprint density at radius 2 is 1.96 bits per heavy atom. The number of hydrogen-bond donors (Lipinski definition) is 3. The zero-order chi connectivity index (χ0) is 20.4. The number of anilines is 1. The second-order valence-corrected chi connectivity index (χ2v) is 8.30. The standard InChI is InChI=1S/C19H31N5O3/c1-12-11-14(25)23-17(22-12)21-10-9-20-16(27)19(4)8-7-13(18(19,2)3)15(26)24(5)6/h11,13H,7-10H2,1-6H3,(H,20,27)(H2,21,22,23,25)/t13-,19+/m1/s1. The number of hydrogen-bond acceptors (Lipinski definition) is 5. The molecule has 150 valence electrons. The van der Waals surface area contributed by atoms with E-state index >= 15 is 0 Å². The lowest BCUT2D eigenvalue weighted by molar-refractivity contribution is -0.142. The molecule has 8 heteroatoms. The molecule has 1 aliphatic carbocycles. The van der Waals surface area contributed by atoms with Gasteiger partial charge < -0.3 is 15.5 Å². The number of aromatic amines is 1. The van der Waals surface area contributed by atoms with Crippen molar-refractivity contribution in [2.24, 2.45) is 16.7 Å². The van der Waals surface area contributed by atoms with E-state index in [1.165, 1.54) is 6.07 Å². The minimum atomic E-state index is -0.612. The molecule has 3 N–H and O–H groups in total. The summed E-state index contributed by atoms with van der Waals surface area (Å²) < 4.78 is 0. The molecule has 0 bridgehead atoms. The molecule has 0 saturated heterocycles. The number of carbonyl (C=O) groups is 2. The predicted molar refractivity (Wildman–Crippen MR) is 104 cm³/mol. The van der Waals surface area contributed by atoms with Crippen molar-refractivity contribution in [3.05, 3.63) is 22.1 Å². The molecule has 0 radical (unpaired) electrons. The molecule has 1 fully saturated rings. The summed E-state index contributed by atoms with van der Waals surface area (Å²) in [6, 6.07) is 1.42. The molecule has 27 heavy (non-hydrogen) atoms. The number of aryl methyl sites for hydroxylation is 1. The van der Waals surface area contributed by atoms with E-state index in [1.807, 2.05) is 20.8 Å². The Bertz CT molecular complexity index is 771. The monoisotopic (exact) mass is 377 g/mol. The Balaban J connectivity index is 1.95. The van der Waals surface area contributed by atoms with Gasteiger partial charge in [0.15, 0.2) is 0 Å². The van der Waals surface area contributed by atoms with Crippen LogP contribution >= 0.6 is 0 Å². The summed E-state index contributed by atoms with van der Waals surface area (Å²) in [5, 5.41) is 5.97. The fraction of sp³-hybridized carbons (Fsp3) is 0.684. The maximum absolute atomic E-state index is 12.9. The average molecular weight is 377 g/mol. The van der Waals surface area contributed by atoms with Crippen LogP contribution in [0.3, 0.4) is 0 Å². The molecule has 0 spiro atoms. The highest BCUT2D eigenvalue weighted by atomic mass is 16.2. The highest BCUT2D eigenvalue weighted by molar-refractivity contribution is 5.87. The van der Waals surface area contributed by atoms with Crippen LogP contribution in [0.1, 0.15) is 39.3 Å². The van der Waals surface area contributed by atoms with E-state index in [0.717, 1.165) is 0 Å². The van der Waals surface area contributed by atoms with Crippen LogP contribution in [0.15, 0.2) is 10.9 Å². The van der Waals surface area contributed by atoms with Crippen LogP contribution in [0, 0.1) is 23.7 Å². The second-order valence-electron chi connectivity index (χ2n) is 8.30. The highest BCUT2D eigenvalue weighted by Crippen LogP contribution is 2.56. The first-order valence-electron chi connectivity index (χ1n) is 9.30. The Labute approximate surface area is 160 Å². The molecular weight excluding hydrogens is 346 g/mol. The quantitative estimate of drug-likeness (QED) is 0.645. The summed E-state index contributed by atoms with van der Waals surface area (Å²) in [5.41, 5.74) is -0.637. The van der Waals surface area contributed by atoms with Gasteiger partial charge in [-0.2, -0.15) is 0 Å². The van der Waals surface area contributed by atoms with Crippen molar-refractivity contribution in [3.63, 3.8) is 0 Å². The molecule has 8 nitrogen and oxygen atoms in total. The smallest absolute Gasteiger partial charge is 0.252 e. The molecule has 1 aromatic heterocycles. The molecule has 0 unspecified atom stereocenters. The minimum Gasteiger partial charge on any atom is -0.354 e. The van der Waals surface area contributed by atoms with E-state index in [4.69, 9.17) is 0 Å². The van der Waals surface area contributed by atoms with Crippen LogP contribution in [0.25, 0.3) is 0 Å². The Morgan fingerprint density at radius 1 is 1.30 bits per heavy atom. The minimum absolute atomic E-state index is 0.0472. The van der Waals surface area contributed by atoms with E-state index < -0.39 is 10.8 Å². The molecule has 0 aromatic carbocycles. The van der Waals surface area contributed by atoms with E-state index in [-0.39, 0.29) is 23.3 Å². The number of nitrogens with one attached hydrogen (secondary N) is 3. The van der Waals surface area contributed by atoms with E-state index in [1.54, 1.807) is 25.9 Å². The molecular formula is C19H31N5O3. The van der Waals surface area contributed by atoms with E-state index in [0.29, 0.717) is 37.6 Å². The van der Waals surface area contributed by atoms with Gasteiger partial charge in [-0.1, -0.05) is 20.8 Å². The fourth-order valence-electron chi connectivity index (χ4n) is 3.87. The van der Waals surface area contributed by atoms with Crippen molar-refractivity contribution in [2.75, 3.05) is 32.5 Å². The van der Waals surface area contributed by atoms with Crippen molar-refractivity contribution in [3.8, 4) is 0 Å². The summed E-state index contributed by atoms with van der Waals surface area (Å²) in [5.74, 6) is 0.253. The summed E-state index contributed by atoms with van der Waals surface area (Å²) >= 11 is 0. The summed E-state index contributed by atoms with van der Waals surface area (Å²) in [4.78, 5) is 45.2. The van der Waals surface area contributed by atoms with E-state index in [9.17, 15) is 14.4 Å². The number of H-pyrrole nitrogens is 1. The number of rotatable bonds is 6. The normalized spacial score (nSPS) is 23.7. The average Bonchev–Trinajstić information content (AvgIpc) is 2.80. The molecule has 1 aromatic rings. The van der Waals surface area contributed by atoms with Gasteiger partial charge in [0, 0.05) is 44.9 Å². The maximum atomic E-state index is 12.9. The summed E-state index contributed by atoms with van der Waals surface area (Å²) in [7, 11) is 3.51. The lowest BCUT2D eigenvalue weighted by Crippen LogP contribution is -2.50. The molecule has 1 heterocycles. The number of amides is 2. The van der Waals surface area contributed by atoms with Gasteiger partial charge in [-0.25, -0.2) is 4.98 Å². The van der Waals surface area contributed by atoms with Crippen LogP contribution in [0.2, 0.25) is 0 Å². The summed E-state index contributed by atoms with van der Waals surface area (Å²) in [6.45, 7) is 8.54. The summed E-state index contributed by atoms with van der Waals surface area (Å²) in [6.07, 6.45) is 1.39. The molecule has 0 aliphatic heterocycles. The van der Waals surface area contributed by atoms with Crippen molar-refractivity contribution in [2.45, 2.75) is 40.5 Å². The number of carbonyl (C=O) groups excluding carboxylic acids is 2. The number of nitrogens with zero attached hydrogens (tertiary/aromatic N) is 2. The Hall–Kier alpha value is -2.38. The molecule has 2 atom stereocenters. The number of aromatic nitrogens is 2. The lowest BCUT2D eigenvalue weighted by atomic mass is 9.65. The molecule has 1 aliphatic rings. The van der Waals surface area contributed by atoms with Gasteiger partial charge in [-0.3, -0.25) is 19.4 Å². The van der Waals surface area contributed by atoms with Gasteiger partial charge in [-0.15, -0.1) is 0 Å². The van der Waals surface area contributed by atoms with Crippen LogP contribution in [-0.2, 0) is 9.59 Å².